The van der Waals surface area contributed by atoms with Crippen LogP contribution >= 0.6 is 0 Å². The number of unbranched alkanes of at least 4 members (excludes halogenated alkanes) is 1. The number of pyridine rings is 1. The normalized spacial score (nSPS) is 11.0. The number of aromatic nitrogens is 1. The first kappa shape index (κ1) is 13.7. The summed E-state index contributed by atoms with van der Waals surface area (Å²) in [6.45, 7) is 2.12. The van der Waals surface area contributed by atoms with E-state index < -0.39 is 0 Å². The Bertz CT molecular complexity index is 759. The highest BCUT2D eigenvalue weighted by Crippen LogP contribution is 2.30. The summed E-state index contributed by atoms with van der Waals surface area (Å²) in [5.74, 6) is -0.130. The van der Waals surface area contributed by atoms with E-state index in [9.17, 15) is 4.39 Å². The van der Waals surface area contributed by atoms with Crippen molar-refractivity contribution >= 4 is 10.8 Å². The average molecular weight is 279 g/mol. The van der Waals surface area contributed by atoms with Crippen molar-refractivity contribution in [2.24, 2.45) is 0 Å². The molecule has 0 fully saturated rings. The van der Waals surface area contributed by atoms with Gasteiger partial charge in [0.25, 0.3) is 0 Å². The molecule has 0 amide bonds. The maximum atomic E-state index is 14.8. The van der Waals surface area contributed by atoms with Crippen molar-refractivity contribution in [2.45, 2.75) is 26.2 Å². The number of hydrogen-bond acceptors (Lipinski definition) is 1. The summed E-state index contributed by atoms with van der Waals surface area (Å²) in [4.78, 5) is 4.42. The van der Waals surface area contributed by atoms with Gasteiger partial charge in [0.15, 0.2) is 0 Å². The Balaban J connectivity index is 2.15. The van der Waals surface area contributed by atoms with Gasteiger partial charge in [-0.05, 0) is 35.9 Å². The first-order chi connectivity index (χ1) is 10.3. The van der Waals surface area contributed by atoms with Gasteiger partial charge in [-0.25, -0.2) is 4.39 Å². The summed E-state index contributed by atoms with van der Waals surface area (Å²) in [6.07, 6.45) is 4.59. The number of hydrogen-bond donors (Lipinski definition) is 0. The quantitative estimate of drug-likeness (QED) is 0.624. The Morgan fingerprint density at radius 2 is 1.86 bits per heavy atom. The number of nitrogens with zero attached hydrogens (tertiary/aromatic N) is 1. The molecule has 0 unspecified atom stereocenters. The number of benzene rings is 2. The molecule has 2 heteroatoms. The largest absolute Gasteiger partial charge is 0.255 e. The van der Waals surface area contributed by atoms with Crippen LogP contribution < -0.4 is 0 Å². The monoisotopic (exact) mass is 279 g/mol. The van der Waals surface area contributed by atoms with Gasteiger partial charge in [0.05, 0.1) is 5.69 Å². The summed E-state index contributed by atoms with van der Waals surface area (Å²) < 4.78 is 14.8. The molecule has 1 nitrogen and oxygen atoms in total. The van der Waals surface area contributed by atoms with Crippen molar-refractivity contribution in [3.8, 4) is 11.3 Å². The van der Waals surface area contributed by atoms with Crippen LogP contribution in [-0.4, -0.2) is 4.98 Å². The highest BCUT2D eigenvalue weighted by molar-refractivity contribution is 5.94. The number of halogens is 1. The summed E-state index contributed by atoms with van der Waals surface area (Å²) in [5.41, 5.74) is 2.11. The second kappa shape index (κ2) is 6.04. The van der Waals surface area contributed by atoms with E-state index in [-0.39, 0.29) is 5.82 Å². The molecule has 0 aliphatic rings. The molecule has 2 aromatic carbocycles. The van der Waals surface area contributed by atoms with Crippen LogP contribution in [0.1, 0.15) is 25.3 Å². The van der Waals surface area contributed by atoms with Crippen molar-refractivity contribution in [1.29, 1.82) is 0 Å². The van der Waals surface area contributed by atoms with Crippen molar-refractivity contribution in [2.75, 3.05) is 0 Å². The van der Waals surface area contributed by atoms with Crippen LogP contribution in [-0.2, 0) is 6.42 Å². The van der Waals surface area contributed by atoms with Crippen LogP contribution in [0, 0.1) is 5.82 Å². The topological polar surface area (TPSA) is 12.9 Å². The van der Waals surface area contributed by atoms with Crippen LogP contribution in [0.5, 0.6) is 0 Å². The van der Waals surface area contributed by atoms with Crippen molar-refractivity contribution in [1.82, 2.24) is 4.98 Å². The van der Waals surface area contributed by atoms with E-state index in [4.69, 9.17) is 0 Å². The second-order valence-corrected chi connectivity index (χ2v) is 5.26. The predicted octanol–water partition coefficient (Wildman–Crippen LogP) is 5.38. The highest BCUT2D eigenvalue weighted by atomic mass is 19.1. The van der Waals surface area contributed by atoms with Gasteiger partial charge in [-0.2, -0.15) is 0 Å². The summed E-state index contributed by atoms with van der Waals surface area (Å²) in [6, 6.07) is 15.5. The molecule has 0 aliphatic carbocycles. The third kappa shape index (κ3) is 2.66. The zero-order valence-electron chi connectivity index (χ0n) is 12.1. The fourth-order valence-corrected chi connectivity index (χ4v) is 2.66. The lowest BCUT2D eigenvalue weighted by Gasteiger charge is -2.10. The fraction of sp³-hybridized carbons (Fsp3) is 0.211. The van der Waals surface area contributed by atoms with Gasteiger partial charge in [0.1, 0.15) is 5.82 Å². The maximum absolute atomic E-state index is 14.8. The molecule has 0 aliphatic heterocycles. The minimum absolute atomic E-state index is 0.130. The Morgan fingerprint density at radius 1 is 1.00 bits per heavy atom. The summed E-state index contributed by atoms with van der Waals surface area (Å²) in [5, 5.41) is 2.08. The number of aryl methyl sites for hydroxylation is 1. The van der Waals surface area contributed by atoms with Crippen LogP contribution in [0.3, 0.4) is 0 Å². The van der Waals surface area contributed by atoms with Gasteiger partial charge < -0.3 is 0 Å². The van der Waals surface area contributed by atoms with Gasteiger partial charge in [-0.1, -0.05) is 49.7 Å². The smallest absolute Gasteiger partial charge is 0.135 e. The van der Waals surface area contributed by atoms with Crippen molar-refractivity contribution in [3.63, 3.8) is 0 Å². The van der Waals surface area contributed by atoms with Crippen LogP contribution in [0.25, 0.3) is 22.0 Å². The highest BCUT2D eigenvalue weighted by Gasteiger charge is 2.13. The van der Waals surface area contributed by atoms with Crippen molar-refractivity contribution < 1.29 is 4.39 Å². The van der Waals surface area contributed by atoms with E-state index in [2.05, 4.69) is 11.9 Å². The molecular formula is C19H18FN. The number of fused-ring (bicyclic) bond motifs is 1. The lowest BCUT2D eigenvalue weighted by atomic mass is 9.99. The Morgan fingerprint density at radius 3 is 2.71 bits per heavy atom. The van der Waals surface area contributed by atoms with Crippen LogP contribution in [0.15, 0.2) is 54.7 Å². The number of rotatable bonds is 4. The Kier molecular flexibility index (Phi) is 3.96. The molecule has 1 aromatic heterocycles. The van der Waals surface area contributed by atoms with E-state index in [1.807, 2.05) is 48.5 Å². The van der Waals surface area contributed by atoms with Gasteiger partial charge in [-0.3, -0.25) is 4.98 Å². The van der Waals surface area contributed by atoms with Gasteiger partial charge in [-0.15, -0.1) is 0 Å². The fourth-order valence-electron chi connectivity index (χ4n) is 2.66. The Hall–Kier alpha value is -2.22. The summed E-state index contributed by atoms with van der Waals surface area (Å²) >= 11 is 0. The van der Waals surface area contributed by atoms with E-state index in [1.165, 1.54) is 0 Å². The average Bonchev–Trinajstić information content (AvgIpc) is 2.53. The zero-order chi connectivity index (χ0) is 14.7. The third-order valence-electron chi connectivity index (χ3n) is 3.81. The molecule has 0 radical (unpaired) electrons. The lowest BCUT2D eigenvalue weighted by molar-refractivity contribution is 0.606. The maximum Gasteiger partial charge on any atom is 0.135 e. The third-order valence-corrected chi connectivity index (χ3v) is 3.81. The molecule has 0 saturated heterocycles. The van der Waals surface area contributed by atoms with E-state index in [0.717, 1.165) is 41.3 Å². The van der Waals surface area contributed by atoms with Crippen LogP contribution in [0.2, 0.25) is 0 Å². The first-order valence-electron chi connectivity index (χ1n) is 7.42. The van der Waals surface area contributed by atoms with Gasteiger partial charge in [0, 0.05) is 17.1 Å². The minimum atomic E-state index is -0.130. The molecule has 0 spiro atoms. The van der Waals surface area contributed by atoms with E-state index >= 15 is 0 Å². The van der Waals surface area contributed by atoms with Crippen molar-refractivity contribution in [3.05, 3.63) is 66.1 Å². The second-order valence-electron chi connectivity index (χ2n) is 5.26. The molecule has 1 heterocycles. The van der Waals surface area contributed by atoms with E-state index in [0.29, 0.717) is 5.56 Å². The van der Waals surface area contributed by atoms with E-state index in [1.54, 1.807) is 6.20 Å². The van der Waals surface area contributed by atoms with Gasteiger partial charge >= 0.3 is 0 Å². The molecule has 3 rings (SSSR count). The molecule has 0 atom stereocenters. The first-order valence-corrected chi connectivity index (χ1v) is 7.42. The van der Waals surface area contributed by atoms with Crippen LogP contribution in [0.4, 0.5) is 4.39 Å². The molecule has 0 saturated carbocycles. The predicted molar refractivity (Wildman–Crippen MR) is 85.7 cm³/mol. The molecule has 3 aromatic rings. The SMILES string of the molecule is CCCCc1cccc(-c2nccc3ccccc23)c1F. The Labute approximate surface area is 124 Å². The minimum Gasteiger partial charge on any atom is -0.255 e. The molecule has 106 valence electrons. The molecule has 0 bridgehead atoms. The zero-order valence-corrected chi connectivity index (χ0v) is 12.1. The summed E-state index contributed by atoms with van der Waals surface area (Å²) in [7, 11) is 0. The lowest BCUT2D eigenvalue weighted by Crippen LogP contribution is -1.96. The van der Waals surface area contributed by atoms with Gasteiger partial charge in [0.2, 0.25) is 0 Å². The molecular weight excluding hydrogens is 261 g/mol. The molecule has 21 heavy (non-hydrogen) atoms. The molecule has 0 N–H and O–H groups in total. The standard InChI is InChI=1S/C19H18FN/c1-2-3-7-15-9-6-11-17(18(15)20)19-16-10-5-4-8-14(16)12-13-21-19/h4-6,8-13H,2-3,7H2,1H3.